The number of nitrogens with two attached hydrogens (primary N) is 1. The lowest BCUT2D eigenvalue weighted by Crippen LogP contribution is -2.18. The predicted octanol–water partition coefficient (Wildman–Crippen LogP) is 4.57. The highest BCUT2D eigenvalue weighted by molar-refractivity contribution is 6.32. The standard InChI is InChI=1S/C25H22ClN5O3/c26-18-12-16(9-10-21(18)34-24-17(23(27)33)4-3-11-28-24)13-22(32)30-25-29-19-5-1-2-6-20(19)31(25)14-15-7-8-15/h1-6,9-12,15H,7-8,13-14H2,(H2,27,33)(H,29,30,32). The van der Waals surface area contributed by atoms with Crippen LogP contribution in [0.5, 0.6) is 11.6 Å². The van der Waals surface area contributed by atoms with E-state index in [4.69, 9.17) is 22.1 Å². The van der Waals surface area contributed by atoms with Crippen LogP contribution in [-0.2, 0) is 17.8 Å². The van der Waals surface area contributed by atoms with Crippen LogP contribution in [0.3, 0.4) is 0 Å². The summed E-state index contributed by atoms with van der Waals surface area (Å²) in [6.07, 6.45) is 4.01. The second-order valence-electron chi connectivity index (χ2n) is 8.29. The Bertz CT molecular complexity index is 1400. The summed E-state index contributed by atoms with van der Waals surface area (Å²) in [6, 6.07) is 16.0. The third kappa shape index (κ3) is 4.72. The minimum absolute atomic E-state index is 0.0666. The number of amides is 2. The first kappa shape index (κ1) is 21.9. The lowest BCUT2D eigenvalue weighted by molar-refractivity contribution is -0.115. The van der Waals surface area contributed by atoms with Crippen LogP contribution in [0.25, 0.3) is 11.0 Å². The van der Waals surface area contributed by atoms with Gasteiger partial charge in [-0.3, -0.25) is 14.9 Å². The van der Waals surface area contributed by atoms with E-state index in [2.05, 4.69) is 19.9 Å². The number of primary amides is 1. The predicted molar refractivity (Wildman–Crippen MR) is 129 cm³/mol. The Labute approximate surface area is 200 Å². The Kier molecular flexibility index (Phi) is 5.90. The largest absolute Gasteiger partial charge is 0.437 e. The number of pyridine rings is 1. The van der Waals surface area contributed by atoms with Crippen molar-refractivity contribution in [2.75, 3.05) is 5.32 Å². The molecule has 4 aromatic rings. The number of carbonyl (C=O) groups is 2. The van der Waals surface area contributed by atoms with Gasteiger partial charge < -0.3 is 15.0 Å². The Morgan fingerprint density at radius 1 is 1.15 bits per heavy atom. The molecule has 0 unspecified atom stereocenters. The maximum atomic E-state index is 12.8. The number of aromatic nitrogens is 3. The van der Waals surface area contributed by atoms with Gasteiger partial charge in [0, 0.05) is 12.7 Å². The van der Waals surface area contributed by atoms with Gasteiger partial charge in [0.25, 0.3) is 5.91 Å². The van der Waals surface area contributed by atoms with Crippen molar-refractivity contribution < 1.29 is 14.3 Å². The fourth-order valence-corrected chi connectivity index (χ4v) is 4.01. The lowest BCUT2D eigenvalue weighted by Gasteiger charge is -2.11. The quantitative estimate of drug-likeness (QED) is 0.387. The van der Waals surface area contributed by atoms with Gasteiger partial charge in [-0.15, -0.1) is 0 Å². The molecule has 2 heterocycles. The molecule has 8 nitrogen and oxygen atoms in total. The van der Waals surface area contributed by atoms with Crippen molar-refractivity contribution in [3.05, 3.63) is 76.9 Å². The summed E-state index contributed by atoms with van der Waals surface area (Å²) in [5, 5.41) is 3.24. The van der Waals surface area contributed by atoms with Crippen LogP contribution in [-0.4, -0.2) is 26.3 Å². The number of ether oxygens (including phenoxy) is 1. The van der Waals surface area contributed by atoms with E-state index in [9.17, 15) is 9.59 Å². The van der Waals surface area contributed by atoms with E-state index in [0.717, 1.165) is 17.6 Å². The Morgan fingerprint density at radius 2 is 1.97 bits per heavy atom. The van der Waals surface area contributed by atoms with Gasteiger partial charge in [0.2, 0.25) is 17.7 Å². The van der Waals surface area contributed by atoms with E-state index >= 15 is 0 Å². The number of para-hydroxylation sites is 2. The zero-order valence-corrected chi connectivity index (χ0v) is 19.0. The van der Waals surface area contributed by atoms with Crippen molar-refractivity contribution in [1.82, 2.24) is 14.5 Å². The van der Waals surface area contributed by atoms with Crippen molar-refractivity contribution >= 4 is 40.4 Å². The third-order valence-electron chi connectivity index (χ3n) is 5.65. The summed E-state index contributed by atoms with van der Waals surface area (Å²) in [4.78, 5) is 33.1. The SMILES string of the molecule is NC(=O)c1cccnc1Oc1ccc(CC(=O)Nc2nc3ccccc3n2CC2CC2)cc1Cl. The lowest BCUT2D eigenvalue weighted by atomic mass is 10.1. The number of carbonyl (C=O) groups excluding carboxylic acids is 2. The molecule has 2 amide bonds. The average Bonchev–Trinajstić information content (AvgIpc) is 3.57. The maximum Gasteiger partial charge on any atom is 0.254 e. The minimum atomic E-state index is -0.653. The molecule has 1 fully saturated rings. The molecule has 0 atom stereocenters. The summed E-state index contributed by atoms with van der Waals surface area (Å²) in [5.74, 6) is 0.709. The normalized spacial score (nSPS) is 13.1. The van der Waals surface area contributed by atoms with Gasteiger partial charge in [0.1, 0.15) is 11.3 Å². The van der Waals surface area contributed by atoms with E-state index in [1.54, 1.807) is 24.3 Å². The number of benzene rings is 2. The zero-order valence-electron chi connectivity index (χ0n) is 18.2. The van der Waals surface area contributed by atoms with E-state index in [1.165, 1.54) is 25.1 Å². The van der Waals surface area contributed by atoms with Crippen LogP contribution in [0.2, 0.25) is 5.02 Å². The number of fused-ring (bicyclic) bond motifs is 1. The molecule has 1 aliphatic carbocycles. The van der Waals surface area contributed by atoms with Crippen molar-refractivity contribution in [3.63, 3.8) is 0 Å². The highest BCUT2D eigenvalue weighted by Crippen LogP contribution is 2.34. The second kappa shape index (κ2) is 9.15. The van der Waals surface area contributed by atoms with E-state index in [0.29, 0.717) is 23.2 Å². The second-order valence-corrected chi connectivity index (χ2v) is 8.70. The molecule has 2 aromatic heterocycles. The van der Waals surface area contributed by atoms with Crippen LogP contribution >= 0.6 is 11.6 Å². The monoisotopic (exact) mass is 475 g/mol. The van der Waals surface area contributed by atoms with Gasteiger partial charge in [0.15, 0.2) is 0 Å². The maximum absolute atomic E-state index is 12.8. The average molecular weight is 476 g/mol. The highest BCUT2D eigenvalue weighted by Gasteiger charge is 2.25. The summed E-state index contributed by atoms with van der Waals surface area (Å²) in [5.41, 5.74) is 8.09. The number of hydrogen-bond acceptors (Lipinski definition) is 5. The molecule has 1 aliphatic rings. The Balaban J connectivity index is 1.30. The van der Waals surface area contributed by atoms with Gasteiger partial charge in [-0.25, -0.2) is 9.97 Å². The molecule has 0 aliphatic heterocycles. The fraction of sp³-hybridized carbons (Fsp3) is 0.200. The van der Waals surface area contributed by atoms with Crippen LogP contribution in [0.4, 0.5) is 5.95 Å². The molecule has 5 rings (SSSR count). The number of imidazole rings is 1. The van der Waals surface area contributed by atoms with E-state index < -0.39 is 5.91 Å². The molecule has 9 heteroatoms. The molecule has 3 N–H and O–H groups in total. The zero-order chi connectivity index (χ0) is 23.7. The van der Waals surface area contributed by atoms with Crippen molar-refractivity contribution in [3.8, 4) is 11.6 Å². The topological polar surface area (TPSA) is 112 Å². The Morgan fingerprint density at radius 3 is 2.74 bits per heavy atom. The molecule has 172 valence electrons. The molecule has 0 saturated heterocycles. The Hall–Kier alpha value is -3.91. The summed E-state index contributed by atoms with van der Waals surface area (Å²) >= 11 is 6.38. The smallest absolute Gasteiger partial charge is 0.254 e. The summed E-state index contributed by atoms with van der Waals surface area (Å²) in [7, 11) is 0. The van der Waals surface area contributed by atoms with Crippen LogP contribution in [0, 0.1) is 5.92 Å². The molecule has 1 saturated carbocycles. The summed E-state index contributed by atoms with van der Waals surface area (Å²) in [6.45, 7) is 0.842. The molecule has 2 aromatic carbocycles. The number of halogens is 1. The number of anilines is 1. The third-order valence-corrected chi connectivity index (χ3v) is 5.94. The molecular weight excluding hydrogens is 454 g/mol. The van der Waals surface area contributed by atoms with Crippen LogP contribution < -0.4 is 15.8 Å². The number of nitrogens with one attached hydrogen (secondary N) is 1. The van der Waals surface area contributed by atoms with Gasteiger partial charge >= 0.3 is 0 Å². The van der Waals surface area contributed by atoms with Crippen LogP contribution in [0.15, 0.2) is 60.8 Å². The van der Waals surface area contributed by atoms with Gasteiger partial charge in [-0.1, -0.05) is 29.8 Å². The van der Waals surface area contributed by atoms with Gasteiger partial charge in [-0.05, 0) is 60.7 Å². The van der Waals surface area contributed by atoms with Crippen LogP contribution in [0.1, 0.15) is 28.8 Å². The van der Waals surface area contributed by atoms with Crippen molar-refractivity contribution in [2.24, 2.45) is 11.7 Å². The number of hydrogen-bond donors (Lipinski definition) is 2. The van der Waals surface area contributed by atoms with Gasteiger partial charge in [0.05, 0.1) is 22.5 Å². The first-order valence-corrected chi connectivity index (χ1v) is 11.3. The van der Waals surface area contributed by atoms with Crippen molar-refractivity contribution in [1.29, 1.82) is 0 Å². The first-order valence-electron chi connectivity index (χ1n) is 10.9. The molecular formula is C25H22ClN5O3. The number of nitrogens with zero attached hydrogens (tertiary/aromatic N) is 3. The van der Waals surface area contributed by atoms with Crippen molar-refractivity contribution in [2.45, 2.75) is 25.8 Å². The minimum Gasteiger partial charge on any atom is -0.437 e. The molecule has 0 spiro atoms. The number of rotatable bonds is 8. The first-order chi connectivity index (χ1) is 16.5. The molecule has 0 bridgehead atoms. The van der Waals surface area contributed by atoms with Gasteiger partial charge in [-0.2, -0.15) is 0 Å². The summed E-state index contributed by atoms with van der Waals surface area (Å²) < 4.78 is 7.77. The van der Waals surface area contributed by atoms with E-state index in [1.807, 2.05) is 24.3 Å². The highest BCUT2D eigenvalue weighted by atomic mass is 35.5. The van der Waals surface area contributed by atoms with E-state index in [-0.39, 0.29) is 28.8 Å². The fourth-order valence-electron chi connectivity index (χ4n) is 3.77. The molecule has 34 heavy (non-hydrogen) atoms. The molecule has 0 radical (unpaired) electrons.